The van der Waals surface area contributed by atoms with E-state index in [0.29, 0.717) is 53.6 Å². The van der Waals surface area contributed by atoms with Gasteiger partial charge in [0.2, 0.25) is 0 Å². The van der Waals surface area contributed by atoms with E-state index in [1.54, 1.807) is 47.5 Å². The molecule has 30 heavy (non-hydrogen) atoms. The smallest absolute Gasteiger partial charge is 0.410 e. The lowest BCUT2D eigenvalue weighted by Gasteiger charge is -2.14. The number of nitrogens with zero attached hydrogens (tertiary/aromatic N) is 2. The molecular weight excluding hydrogens is 407 g/mol. The number of methoxy groups -OCH3 is 1. The van der Waals surface area contributed by atoms with Crippen molar-refractivity contribution >= 4 is 17.7 Å². The van der Waals surface area contributed by atoms with Gasteiger partial charge in [-0.3, -0.25) is 9.88 Å². The van der Waals surface area contributed by atoms with Crippen LogP contribution in [0.2, 0.25) is 5.02 Å². The van der Waals surface area contributed by atoms with E-state index in [2.05, 4.69) is 4.98 Å². The molecular formula is C23H20ClFN2O3. The van der Waals surface area contributed by atoms with Gasteiger partial charge < -0.3 is 9.47 Å². The maximum atomic E-state index is 15.4. The largest absolute Gasteiger partial charge is 0.496 e. The van der Waals surface area contributed by atoms with Crippen LogP contribution < -0.4 is 4.74 Å². The Kier molecular flexibility index (Phi) is 5.86. The highest BCUT2D eigenvalue weighted by molar-refractivity contribution is 6.30. The van der Waals surface area contributed by atoms with Crippen LogP contribution in [0.25, 0.3) is 11.1 Å². The van der Waals surface area contributed by atoms with Crippen LogP contribution in [0.4, 0.5) is 9.18 Å². The number of cyclic esters (lactones) is 1. The molecule has 1 aliphatic heterocycles. The molecule has 0 bridgehead atoms. The van der Waals surface area contributed by atoms with Crippen molar-refractivity contribution in [2.24, 2.45) is 0 Å². The number of halogens is 2. The second-order valence-electron chi connectivity index (χ2n) is 7.00. The fraction of sp³-hybridized carbons (Fsp3) is 0.217. The molecule has 0 saturated carbocycles. The first-order chi connectivity index (χ1) is 14.5. The van der Waals surface area contributed by atoms with Crippen molar-refractivity contribution < 1.29 is 18.7 Å². The molecule has 3 aromatic rings. The first kappa shape index (κ1) is 20.2. The zero-order valence-corrected chi connectivity index (χ0v) is 17.2. The Morgan fingerprint density at radius 1 is 1.23 bits per heavy atom. The lowest BCUT2D eigenvalue weighted by atomic mass is 9.97. The molecule has 4 rings (SSSR count). The predicted molar refractivity (Wildman–Crippen MR) is 112 cm³/mol. The van der Waals surface area contributed by atoms with Crippen molar-refractivity contribution in [1.82, 2.24) is 9.88 Å². The van der Waals surface area contributed by atoms with E-state index >= 15 is 4.39 Å². The van der Waals surface area contributed by atoms with E-state index < -0.39 is 0 Å². The van der Waals surface area contributed by atoms with Gasteiger partial charge in [0.1, 0.15) is 18.2 Å². The summed E-state index contributed by atoms with van der Waals surface area (Å²) in [7, 11) is 1.52. The number of hydrogen-bond acceptors (Lipinski definition) is 4. The minimum absolute atomic E-state index is 0.324. The third kappa shape index (κ3) is 4.24. The summed E-state index contributed by atoms with van der Waals surface area (Å²) < 4.78 is 25.7. The highest BCUT2D eigenvalue weighted by Gasteiger charge is 2.22. The van der Waals surface area contributed by atoms with Crippen LogP contribution in [0.1, 0.15) is 16.8 Å². The zero-order chi connectivity index (χ0) is 21.1. The van der Waals surface area contributed by atoms with Crippen LogP contribution in [-0.4, -0.2) is 36.2 Å². The van der Waals surface area contributed by atoms with Crippen molar-refractivity contribution in [3.05, 3.63) is 82.4 Å². The van der Waals surface area contributed by atoms with E-state index in [4.69, 9.17) is 21.1 Å². The average molecular weight is 427 g/mol. The first-order valence-corrected chi connectivity index (χ1v) is 9.90. The summed E-state index contributed by atoms with van der Waals surface area (Å²) in [5.74, 6) is 0.102. The number of carbonyl (C=O) groups excluding carboxylic acids is 1. The Morgan fingerprint density at radius 2 is 2.10 bits per heavy atom. The van der Waals surface area contributed by atoms with Gasteiger partial charge in [0.05, 0.1) is 31.5 Å². The van der Waals surface area contributed by atoms with Gasteiger partial charge in [-0.2, -0.15) is 0 Å². The quantitative estimate of drug-likeness (QED) is 0.550. The van der Waals surface area contributed by atoms with Gasteiger partial charge in [0.25, 0.3) is 0 Å². The van der Waals surface area contributed by atoms with Gasteiger partial charge in [0, 0.05) is 17.6 Å². The fourth-order valence-electron chi connectivity index (χ4n) is 3.46. The monoisotopic (exact) mass is 426 g/mol. The third-order valence-electron chi connectivity index (χ3n) is 5.00. The molecule has 1 fully saturated rings. The second kappa shape index (κ2) is 8.71. The van der Waals surface area contributed by atoms with Crippen LogP contribution in [0.5, 0.6) is 5.75 Å². The lowest BCUT2D eigenvalue weighted by molar-refractivity contribution is 0.157. The van der Waals surface area contributed by atoms with Crippen LogP contribution >= 0.6 is 11.6 Å². The summed E-state index contributed by atoms with van der Waals surface area (Å²) in [4.78, 5) is 17.6. The van der Waals surface area contributed by atoms with Crippen LogP contribution in [0.3, 0.4) is 0 Å². The van der Waals surface area contributed by atoms with E-state index in [9.17, 15) is 4.79 Å². The average Bonchev–Trinajstić information content (AvgIpc) is 3.15. The number of aromatic nitrogens is 1. The Balaban J connectivity index is 1.57. The minimum Gasteiger partial charge on any atom is -0.496 e. The standard InChI is InChI=1S/C23H20ClFN2O3/c1-29-20-8-6-17(22(25)21(20)16-3-2-4-18(24)12-16)11-15-5-7-19(26-13-15)14-27-9-10-30-23(27)28/h2-8,12-13H,9-11,14H2,1H3. The molecule has 5 nitrogen and oxygen atoms in total. The van der Waals surface area contributed by atoms with Crippen LogP contribution in [0.15, 0.2) is 54.7 Å². The van der Waals surface area contributed by atoms with Crippen molar-refractivity contribution in [2.75, 3.05) is 20.3 Å². The Hall–Kier alpha value is -3.12. The summed E-state index contributed by atoms with van der Waals surface area (Å²) in [5, 5.41) is 0.529. The summed E-state index contributed by atoms with van der Waals surface area (Å²) in [5.41, 5.74) is 3.19. The molecule has 2 aromatic carbocycles. The highest BCUT2D eigenvalue weighted by atomic mass is 35.5. The summed E-state index contributed by atoms with van der Waals surface area (Å²) in [6, 6.07) is 14.3. The zero-order valence-electron chi connectivity index (χ0n) is 16.4. The lowest BCUT2D eigenvalue weighted by Crippen LogP contribution is -2.24. The Morgan fingerprint density at radius 3 is 2.77 bits per heavy atom. The molecule has 154 valence electrons. The number of amides is 1. The molecule has 0 aliphatic carbocycles. The molecule has 1 aromatic heterocycles. The summed E-state index contributed by atoms with van der Waals surface area (Å²) in [6.45, 7) is 1.36. The number of hydrogen-bond donors (Lipinski definition) is 0. The van der Waals surface area contributed by atoms with E-state index in [1.165, 1.54) is 7.11 Å². The molecule has 0 radical (unpaired) electrons. The number of pyridine rings is 1. The van der Waals surface area contributed by atoms with Gasteiger partial charge >= 0.3 is 6.09 Å². The first-order valence-electron chi connectivity index (χ1n) is 9.52. The normalized spacial score (nSPS) is 13.4. The molecule has 0 N–H and O–H groups in total. The van der Waals surface area contributed by atoms with Crippen molar-refractivity contribution in [3.63, 3.8) is 0 Å². The number of benzene rings is 2. The minimum atomic E-state index is -0.347. The molecule has 0 spiro atoms. The van der Waals surface area contributed by atoms with Gasteiger partial charge in [-0.1, -0.05) is 35.9 Å². The third-order valence-corrected chi connectivity index (χ3v) is 5.23. The molecule has 7 heteroatoms. The van der Waals surface area contributed by atoms with Crippen LogP contribution in [0, 0.1) is 5.82 Å². The molecule has 2 heterocycles. The number of carbonyl (C=O) groups is 1. The molecule has 1 aliphatic rings. The summed E-state index contributed by atoms with van der Waals surface area (Å²) >= 11 is 6.09. The molecule has 1 saturated heterocycles. The Labute approximate surface area is 179 Å². The summed E-state index contributed by atoms with van der Waals surface area (Å²) in [6.07, 6.45) is 1.76. The Bertz CT molecular complexity index is 1070. The van der Waals surface area contributed by atoms with E-state index in [-0.39, 0.29) is 11.9 Å². The topological polar surface area (TPSA) is 51.7 Å². The number of ether oxygens (including phenoxy) is 2. The maximum Gasteiger partial charge on any atom is 0.410 e. The number of rotatable bonds is 6. The highest BCUT2D eigenvalue weighted by Crippen LogP contribution is 2.36. The molecule has 0 unspecified atom stereocenters. The fourth-order valence-corrected chi connectivity index (χ4v) is 3.65. The van der Waals surface area contributed by atoms with Crippen molar-refractivity contribution in [3.8, 4) is 16.9 Å². The van der Waals surface area contributed by atoms with Gasteiger partial charge in [0.15, 0.2) is 0 Å². The van der Waals surface area contributed by atoms with Gasteiger partial charge in [-0.25, -0.2) is 9.18 Å². The van der Waals surface area contributed by atoms with E-state index in [0.717, 1.165) is 11.3 Å². The van der Waals surface area contributed by atoms with Crippen LogP contribution in [-0.2, 0) is 17.7 Å². The van der Waals surface area contributed by atoms with Crippen molar-refractivity contribution in [2.45, 2.75) is 13.0 Å². The molecule has 1 amide bonds. The van der Waals surface area contributed by atoms with Gasteiger partial charge in [-0.15, -0.1) is 0 Å². The van der Waals surface area contributed by atoms with Gasteiger partial charge in [-0.05, 0) is 41.0 Å². The second-order valence-corrected chi connectivity index (χ2v) is 7.43. The van der Waals surface area contributed by atoms with Crippen molar-refractivity contribution in [1.29, 1.82) is 0 Å². The SMILES string of the molecule is COc1ccc(Cc2ccc(CN3CCOC3=O)nc2)c(F)c1-c1cccc(Cl)c1. The van der Waals surface area contributed by atoms with E-state index in [1.807, 2.05) is 12.1 Å². The maximum absolute atomic E-state index is 15.4. The molecule has 0 atom stereocenters. The predicted octanol–water partition coefficient (Wildman–Crippen LogP) is 5.09.